The van der Waals surface area contributed by atoms with Crippen LogP contribution in [0.15, 0.2) is 45.7 Å². The molecule has 1 fully saturated rings. The monoisotopic (exact) mass is 329 g/mol. The van der Waals surface area contributed by atoms with Gasteiger partial charge in [-0.15, -0.1) is 0 Å². The van der Waals surface area contributed by atoms with Gasteiger partial charge in [0.15, 0.2) is 5.78 Å². The Morgan fingerprint density at radius 3 is 2.82 bits per heavy atom. The lowest BCUT2D eigenvalue weighted by molar-refractivity contribution is -0.115. The largest absolute Gasteiger partial charge is 0.457 e. The maximum absolute atomic E-state index is 11.6. The van der Waals surface area contributed by atoms with Crippen LogP contribution in [0.4, 0.5) is 0 Å². The maximum atomic E-state index is 11.6. The van der Waals surface area contributed by atoms with Gasteiger partial charge in [0.05, 0.1) is 4.91 Å². The lowest BCUT2D eigenvalue weighted by Gasteiger charge is -1.99. The van der Waals surface area contributed by atoms with Crippen molar-refractivity contribution in [3.05, 3.63) is 52.6 Å². The van der Waals surface area contributed by atoms with Crippen LogP contribution in [0.2, 0.25) is 0 Å². The normalized spacial score (nSPS) is 16.1. The highest BCUT2D eigenvalue weighted by Crippen LogP contribution is 2.29. The van der Waals surface area contributed by atoms with Crippen molar-refractivity contribution in [2.24, 2.45) is 0 Å². The summed E-state index contributed by atoms with van der Waals surface area (Å²) in [5.74, 6) is 0.987. The Kier molecular flexibility index (Phi) is 3.96. The summed E-state index contributed by atoms with van der Waals surface area (Å²) in [5, 5.41) is 2.55. The first-order valence-electron chi connectivity index (χ1n) is 6.49. The molecule has 3 rings (SSSR count). The summed E-state index contributed by atoms with van der Waals surface area (Å²) in [6, 6.07) is 10.8. The predicted octanol–water partition coefficient (Wildman–Crippen LogP) is 3.64. The number of furan rings is 1. The number of carbonyl (C=O) groups excluding carboxylic acids is 2. The zero-order valence-corrected chi connectivity index (χ0v) is 13.2. The Bertz CT molecular complexity index is 820. The molecule has 1 aliphatic heterocycles. The average molecular weight is 329 g/mol. The summed E-state index contributed by atoms with van der Waals surface area (Å²) >= 11 is 6.14. The van der Waals surface area contributed by atoms with Crippen molar-refractivity contribution >= 4 is 46.1 Å². The maximum Gasteiger partial charge on any atom is 0.263 e. The summed E-state index contributed by atoms with van der Waals surface area (Å²) in [4.78, 5) is 23.6. The third kappa shape index (κ3) is 3.03. The lowest BCUT2D eigenvalue weighted by Crippen LogP contribution is -2.17. The number of rotatable bonds is 3. The second kappa shape index (κ2) is 5.90. The van der Waals surface area contributed by atoms with Gasteiger partial charge in [-0.2, -0.15) is 0 Å². The Morgan fingerprint density at radius 2 is 2.14 bits per heavy atom. The summed E-state index contributed by atoms with van der Waals surface area (Å²) in [6.07, 6.45) is 1.65. The fourth-order valence-corrected chi connectivity index (χ4v) is 3.05. The van der Waals surface area contributed by atoms with E-state index in [0.29, 0.717) is 26.3 Å². The molecule has 1 amide bonds. The van der Waals surface area contributed by atoms with E-state index in [9.17, 15) is 9.59 Å². The fourth-order valence-electron chi connectivity index (χ4n) is 2.03. The standard InChI is InChI=1S/C16H11NO3S2/c1-9(18)10-3-2-4-11(7-10)13-6-5-12(20-13)8-14-15(19)17-16(21)22-14/h2-8H,1H3,(H,17,19,21)/b14-8-. The molecule has 22 heavy (non-hydrogen) atoms. The number of ketones is 1. The van der Waals surface area contributed by atoms with Crippen LogP contribution in [-0.4, -0.2) is 16.0 Å². The molecule has 0 atom stereocenters. The molecule has 0 aliphatic carbocycles. The van der Waals surface area contributed by atoms with Crippen LogP contribution in [0.1, 0.15) is 23.0 Å². The van der Waals surface area contributed by atoms with Crippen molar-refractivity contribution in [1.82, 2.24) is 5.32 Å². The Morgan fingerprint density at radius 1 is 1.32 bits per heavy atom. The number of nitrogens with one attached hydrogen (secondary N) is 1. The van der Waals surface area contributed by atoms with E-state index in [1.54, 1.807) is 24.3 Å². The molecule has 6 heteroatoms. The summed E-state index contributed by atoms with van der Waals surface area (Å²) in [5.41, 5.74) is 1.45. The second-order valence-electron chi connectivity index (χ2n) is 4.69. The molecule has 1 saturated heterocycles. The molecule has 0 unspecified atom stereocenters. The number of thioether (sulfide) groups is 1. The van der Waals surface area contributed by atoms with Crippen LogP contribution < -0.4 is 5.32 Å². The van der Waals surface area contributed by atoms with Crippen molar-refractivity contribution in [2.45, 2.75) is 6.92 Å². The summed E-state index contributed by atoms with van der Waals surface area (Å²) < 4.78 is 6.17. The lowest BCUT2D eigenvalue weighted by atomic mass is 10.1. The molecule has 1 aromatic heterocycles. The molecular formula is C16H11NO3S2. The molecule has 0 saturated carbocycles. The zero-order chi connectivity index (χ0) is 15.7. The van der Waals surface area contributed by atoms with Crippen LogP contribution in [0, 0.1) is 0 Å². The minimum atomic E-state index is -0.216. The quantitative estimate of drug-likeness (QED) is 0.529. The minimum Gasteiger partial charge on any atom is -0.457 e. The first-order chi connectivity index (χ1) is 10.5. The number of carbonyl (C=O) groups is 2. The summed E-state index contributed by atoms with van der Waals surface area (Å²) in [6.45, 7) is 1.52. The van der Waals surface area contributed by atoms with Gasteiger partial charge in [-0.25, -0.2) is 0 Å². The van der Waals surface area contributed by atoms with E-state index in [0.717, 1.165) is 5.56 Å². The van der Waals surface area contributed by atoms with E-state index in [2.05, 4.69) is 5.32 Å². The van der Waals surface area contributed by atoms with Crippen molar-refractivity contribution in [1.29, 1.82) is 0 Å². The molecule has 2 heterocycles. The molecule has 0 radical (unpaired) electrons. The van der Waals surface area contributed by atoms with E-state index < -0.39 is 0 Å². The SMILES string of the molecule is CC(=O)c1cccc(-c2ccc(/C=C3\SC(=S)NC3=O)o2)c1. The number of hydrogen-bond acceptors (Lipinski definition) is 5. The first kappa shape index (κ1) is 14.7. The van der Waals surface area contributed by atoms with Gasteiger partial charge in [-0.1, -0.05) is 42.2 Å². The fraction of sp³-hybridized carbons (Fsp3) is 0.0625. The molecule has 1 aliphatic rings. The average Bonchev–Trinajstić information content (AvgIpc) is 3.06. The molecule has 4 nitrogen and oxygen atoms in total. The third-order valence-corrected chi connectivity index (χ3v) is 4.26. The van der Waals surface area contributed by atoms with Crippen LogP contribution in [0.5, 0.6) is 0 Å². The van der Waals surface area contributed by atoms with E-state index in [4.69, 9.17) is 16.6 Å². The topological polar surface area (TPSA) is 59.3 Å². The third-order valence-electron chi connectivity index (χ3n) is 3.10. The number of benzene rings is 1. The second-order valence-corrected chi connectivity index (χ2v) is 6.41. The van der Waals surface area contributed by atoms with Crippen molar-refractivity contribution in [3.63, 3.8) is 0 Å². The van der Waals surface area contributed by atoms with Gasteiger partial charge in [0.2, 0.25) is 0 Å². The molecule has 2 aromatic rings. The molecule has 0 spiro atoms. The van der Waals surface area contributed by atoms with Crippen LogP contribution in [-0.2, 0) is 4.79 Å². The van der Waals surface area contributed by atoms with Gasteiger partial charge in [0.1, 0.15) is 15.8 Å². The highest BCUT2D eigenvalue weighted by Gasteiger charge is 2.22. The van der Waals surface area contributed by atoms with Crippen LogP contribution in [0.3, 0.4) is 0 Å². The van der Waals surface area contributed by atoms with Crippen LogP contribution in [0.25, 0.3) is 17.4 Å². The van der Waals surface area contributed by atoms with E-state index in [-0.39, 0.29) is 11.7 Å². The predicted molar refractivity (Wildman–Crippen MR) is 90.5 cm³/mol. The van der Waals surface area contributed by atoms with Crippen molar-refractivity contribution in [2.75, 3.05) is 0 Å². The van der Waals surface area contributed by atoms with Gasteiger partial charge in [-0.05, 0) is 25.1 Å². The highest BCUT2D eigenvalue weighted by atomic mass is 32.2. The number of amides is 1. The van der Waals surface area contributed by atoms with Gasteiger partial charge in [0, 0.05) is 17.2 Å². The van der Waals surface area contributed by atoms with Gasteiger partial charge in [0.25, 0.3) is 5.91 Å². The molecule has 110 valence electrons. The Hall–Kier alpha value is -2.18. The van der Waals surface area contributed by atoms with Crippen molar-refractivity contribution in [3.8, 4) is 11.3 Å². The zero-order valence-electron chi connectivity index (χ0n) is 11.6. The summed E-state index contributed by atoms with van der Waals surface area (Å²) in [7, 11) is 0. The van der Waals surface area contributed by atoms with Crippen LogP contribution >= 0.6 is 24.0 Å². The molecule has 1 aromatic carbocycles. The van der Waals surface area contributed by atoms with Crippen molar-refractivity contribution < 1.29 is 14.0 Å². The Labute approximate surface area is 136 Å². The van der Waals surface area contributed by atoms with Gasteiger partial charge < -0.3 is 9.73 Å². The van der Waals surface area contributed by atoms with Gasteiger partial charge >= 0.3 is 0 Å². The van der Waals surface area contributed by atoms with E-state index in [1.807, 2.05) is 18.2 Å². The minimum absolute atomic E-state index is 0.00304. The number of thiocarbonyl (C=S) groups is 1. The van der Waals surface area contributed by atoms with Gasteiger partial charge in [-0.3, -0.25) is 9.59 Å². The smallest absolute Gasteiger partial charge is 0.263 e. The number of hydrogen-bond donors (Lipinski definition) is 1. The molecular weight excluding hydrogens is 318 g/mol. The Balaban J connectivity index is 1.90. The molecule has 0 bridgehead atoms. The first-order valence-corrected chi connectivity index (χ1v) is 7.71. The highest BCUT2D eigenvalue weighted by molar-refractivity contribution is 8.26. The molecule has 1 N–H and O–H groups in total. The van der Waals surface area contributed by atoms with E-state index in [1.165, 1.54) is 18.7 Å². The number of Topliss-reactive ketones (excluding diaryl/α,β-unsaturated/α-hetero) is 1. The van der Waals surface area contributed by atoms with E-state index >= 15 is 0 Å².